The molecule has 1 radical (unpaired) electrons. The van der Waals surface area contributed by atoms with Gasteiger partial charge in [-0.05, 0) is 13.1 Å². The van der Waals surface area contributed by atoms with Crippen LogP contribution in [0.5, 0.6) is 0 Å². The summed E-state index contributed by atoms with van der Waals surface area (Å²) >= 11 is 0. The fourth-order valence-electron chi connectivity index (χ4n) is 0.713. The van der Waals surface area contributed by atoms with Gasteiger partial charge in [-0.15, -0.1) is 0 Å². The summed E-state index contributed by atoms with van der Waals surface area (Å²) in [5.74, 6) is -0.817. The van der Waals surface area contributed by atoms with Crippen molar-refractivity contribution in [2.24, 2.45) is 0 Å². The molecule has 0 aromatic rings. The van der Waals surface area contributed by atoms with Crippen molar-refractivity contribution in [1.82, 2.24) is 4.90 Å². The van der Waals surface area contributed by atoms with E-state index in [9.17, 15) is 4.79 Å². The van der Waals surface area contributed by atoms with Gasteiger partial charge >= 0.3 is 0 Å². The van der Waals surface area contributed by atoms with Crippen LogP contribution in [0.15, 0.2) is 0 Å². The van der Waals surface area contributed by atoms with E-state index in [1.54, 1.807) is 38.8 Å². The van der Waals surface area contributed by atoms with Gasteiger partial charge in [0.05, 0.1) is 0 Å². The zero-order valence-electron chi connectivity index (χ0n) is 7.11. The monoisotopic (exact) mass is 232 g/mol. The molecule has 0 aliphatic rings. The second-order valence-corrected chi connectivity index (χ2v) is 2.04. The summed E-state index contributed by atoms with van der Waals surface area (Å²) in [5, 5.41) is 8.58. The molecule has 63 valence electrons. The van der Waals surface area contributed by atoms with E-state index < -0.39 is 12.0 Å². The number of carbonyl (C=O) groups is 1. The third kappa shape index (κ3) is 4.88. The average molecular weight is 232 g/mol. The minimum Gasteiger partial charge on any atom is -0.482 e. The molecular weight excluding hydrogens is 219 g/mol. The fraction of sp³-hybridized carbons (Fsp3) is 0.571. The van der Waals surface area contributed by atoms with Gasteiger partial charge in [-0.25, -0.2) is 0 Å². The molecule has 0 heterocycles. The maximum Gasteiger partial charge on any atom is 0.287 e. The molecule has 4 heteroatoms. The third-order valence-corrected chi connectivity index (χ3v) is 1.41. The first kappa shape index (κ1) is 14.1. The molecule has 3 nitrogen and oxygen atoms in total. The number of carboxylic acid groups (broad SMARTS) is 1. The summed E-state index contributed by atoms with van der Waals surface area (Å²) in [6.07, 6.45) is 1.64. The Balaban J connectivity index is 0. The van der Waals surface area contributed by atoms with E-state index in [0.717, 1.165) is 0 Å². The summed E-state index contributed by atoms with van der Waals surface area (Å²) < 4.78 is 0. The summed E-state index contributed by atoms with van der Waals surface area (Å²) in [6, 6.07) is -0.495. The maximum absolute atomic E-state index is 10.4. The van der Waals surface area contributed by atoms with Crippen LogP contribution in [0.2, 0.25) is 0 Å². The zero-order chi connectivity index (χ0) is 8.15. The molecule has 0 rings (SSSR count). The van der Waals surface area contributed by atoms with Gasteiger partial charge in [0.25, 0.3) is 5.97 Å². The van der Waals surface area contributed by atoms with Crippen molar-refractivity contribution < 1.29 is 42.6 Å². The Bertz CT molecular complexity index is 119. The minimum absolute atomic E-state index is 0. The molecule has 0 amide bonds. The maximum atomic E-state index is 10.4. The Morgan fingerprint density at radius 2 is 2.00 bits per heavy atom. The van der Waals surface area contributed by atoms with Gasteiger partial charge in [-0.1, -0.05) is 0 Å². The van der Waals surface area contributed by atoms with Crippen LogP contribution in [0.3, 0.4) is 0 Å². The second kappa shape index (κ2) is 7.20. The smallest absolute Gasteiger partial charge is 0.287 e. The van der Waals surface area contributed by atoms with Gasteiger partial charge in [0.1, 0.15) is 0 Å². The van der Waals surface area contributed by atoms with Gasteiger partial charge in [0.2, 0.25) is 0 Å². The number of hydrogen-bond donors (Lipinski definition) is 1. The van der Waals surface area contributed by atoms with Crippen molar-refractivity contribution in [3.63, 3.8) is 0 Å². The molecule has 0 aromatic heterocycles. The van der Waals surface area contributed by atoms with E-state index in [4.69, 9.17) is 5.11 Å². The predicted molar refractivity (Wildman–Crippen MR) is 39.1 cm³/mol. The van der Waals surface area contributed by atoms with Gasteiger partial charge in [-0.3, -0.25) is 11.3 Å². The van der Waals surface area contributed by atoms with Crippen molar-refractivity contribution in [2.45, 2.75) is 19.9 Å². The van der Waals surface area contributed by atoms with Crippen LogP contribution >= 0.6 is 0 Å². The van der Waals surface area contributed by atoms with Gasteiger partial charge in [0, 0.05) is 32.7 Å². The number of likely N-dealkylation sites (N-methyl/N-ethyl adjacent to an activating group) is 1. The average Bonchev–Trinajstić information content (AvgIpc) is 1.88. The van der Waals surface area contributed by atoms with Crippen LogP contribution < -0.4 is 0 Å². The Kier molecular flexibility index (Phi) is 9.21. The van der Waals surface area contributed by atoms with Gasteiger partial charge in [0.15, 0.2) is 0 Å². The van der Waals surface area contributed by atoms with E-state index in [2.05, 4.69) is 0 Å². The molecule has 1 unspecified atom stereocenters. The first-order valence-electron chi connectivity index (χ1n) is 3.17. The van der Waals surface area contributed by atoms with Crippen LogP contribution in [-0.2, 0) is 37.5 Å². The van der Waals surface area contributed by atoms with Crippen LogP contribution in [-0.4, -0.2) is 29.1 Å². The summed E-state index contributed by atoms with van der Waals surface area (Å²) in [6.45, 7) is 5.27. The van der Waals surface area contributed by atoms with E-state index in [1.807, 2.05) is 0 Å². The number of aliphatic carboxylic acids is 1. The van der Waals surface area contributed by atoms with Crippen LogP contribution in [0.4, 0.5) is 0 Å². The van der Waals surface area contributed by atoms with Crippen molar-refractivity contribution in [1.29, 1.82) is 0 Å². The van der Waals surface area contributed by atoms with E-state index in [0.29, 0.717) is 0 Å². The molecule has 1 N–H and O–H groups in total. The molecule has 0 bridgehead atoms. The molecular formula is C7H13NO2Y-2. The third-order valence-electron chi connectivity index (χ3n) is 1.41. The summed E-state index contributed by atoms with van der Waals surface area (Å²) in [7, 11) is 1.73. The summed E-state index contributed by atoms with van der Waals surface area (Å²) in [5.41, 5.74) is 0. The Labute approximate surface area is 93.0 Å². The van der Waals surface area contributed by atoms with E-state index in [1.165, 1.54) is 0 Å². The minimum atomic E-state index is -0.817. The molecule has 0 spiro atoms. The topological polar surface area (TPSA) is 40.5 Å². The molecule has 11 heavy (non-hydrogen) atoms. The van der Waals surface area contributed by atoms with E-state index >= 15 is 0 Å². The number of nitrogens with zero attached hydrogens (tertiary/aromatic N) is 1. The van der Waals surface area contributed by atoms with Gasteiger partial charge < -0.3 is 16.4 Å². The number of rotatable bonds is 4. The predicted octanol–water partition coefficient (Wildman–Crippen LogP) is 0.775. The Hall–Kier alpha value is 0.534. The van der Waals surface area contributed by atoms with E-state index in [-0.39, 0.29) is 32.7 Å². The molecule has 0 aromatic carbocycles. The number of carboxylic acids is 1. The van der Waals surface area contributed by atoms with Gasteiger partial charge in [-0.2, -0.15) is 13.8 Å². The fourth-order valence-corrected chi connectivity index (χ4v) is 0.713. The van der Waals surface area contributed by atoms with Crippen LogP contribution in [0.1, 0.15) is 13.8 Å². The van der Waals surface area contributed by atoms with Crippen LogP contribution in [0, 0.1) is 13.0 Å². The zero-order valence-corrected chi connectivity index (χ0v) is 9.95. The SMILES string of the molecule is C[CH-]C(C(=O)O)N(C)[CH-]C.[Y]. The number of hydrogen-bond acceptors (Lipinski definition) is 2. The van der Waals surface area contributed by atoms with Crippen molar-refractivity contribution in [3.05, 3.63) is 13.0 Å². The van der Waals surface area contributed by atoms with Crippen molar-refractivity contribution in [2.75, 3.05) is 7.05 Å². The summed E-state index contributed by atoms with van der Waals surface area (Å²) in [4.78, 5) is 12.1. The first-order chi connectivity index (χ1) is 4.63. The quantitative estimate of drug-likeness (QED) is 0.728. The molecule has 0 saturated carbocycles. The molecule has 1 atom stereocenters. The normalized spacial score (nSPS) is 12.4. The van der Waals surface area contributed by atoms with Crippen molar-refractivity contribution >= 4 is 5.97 Å². The van der Waals surface area contributed by atoms with Crippen LogP contribution in [0.25, 0.3) is 0 Å². The second-order valence-electron chi connectivity index (χ2n) is 2.04. The van der Waals surface area contributed by atoms with Crippen molar-refractivity contribution in [3.8, 4) is 0 Å². The molecule has 0 saturated heterocycles. The largest absolute Gasteiger partial charge is 0.482 e. The Morgan fingerprint density at radius 3 is 2.09 bits per heavy atom. The Morgan fingerprint density at radius 1 is 1.55 bits per heavy atom. The molecule has 0 aliphatic heterocycles. The standard InChI is InChI=1S/C7H13NO2.Y/c1-4-6(7(9)10)8(3)5-2;/h4-6H,1-3H3,(H,9,10);/q-2;. The first-order valence-corrected chi connectivity index (χ1v) is 3.17. The molecule has 0 aliphatic carbocycles. The molecule has 0 fully saturated rings.